The lowest BCUT2D eigenvalue weighted by atomic mass is 10.1. The van der Waals surface area contributed by atoms with E-state index in [2.05, 4.69) is 26.0 Å². The molecular weight excluding hydrogens is 356 g/mol. The van der Waals surface area contributed by atoms with Crippen LogP contribution in [0.1, 0.15) is 16.8 Å². The summed E-state index contributed by atoms with van der Waals surface area (Å²) in [5.74, 6) is -1.36. The molecule has 0 aliphatic carbocycles. The molecule has 1 aromatic carbocycles. The molecule has 9 heteroatoms. The number of nitrogens with zero attached hydrogens (tertiary/aromatic N) is 3. The molecule has 21 heavy (non-hydrogen) atoms. The predicted octanol–water partition coefficient (Wildman–Crippen LogP) is 3.58. The number of nitrogens with two attached hydrogens (primary N) is 1. The maximum atomic E-state index is 13.9. The van der Waals surface area contributed by atoms with E-state index in [1.807, 2.05) is 0 Å². The number of hydrogen-bond donors (Lipinski definition) is 1. The second-order valence-electron chi connectivity index (χ2n) is 4.15. The summed E-state index contributed by atoms with van der Waals surface area (Å²) in [6.45, 7) is 1.67. The lowest BCUT2D eigenvalue weighted by Crippen LogP contribution is -2.10. The quantitative estimate of drug-likeness (QED) is 0.654. The van der Waals surface area contributed by atoms with Gasteiger partial charge in [-0.05, 0) is 19.1 Å². The molecule has 0 aliphatic heterocycles. The van der Waals surface area contributed by atoms with Gasteiger partial charge in [-0.15, -0.1) is 0 Å². The normalized spacial score (nSPS) is 12.3. The summed E-state index contributed by atoms with van der Waals surface area (Å²) in [5, 5.41) is 3.81. The number of hydrogen-bond acceptors (Lipinski definition) is 3. The van der Waals surface area contributed by atoms with Gasteiger partial charge >= 0.3 is 6.18 Å². The van der Waals surface area contributed by atoms with Gasteiger partial charge < -0.3 is 5.73 Å². The molecule has 0 saturated heterocycles. The Labute approximate surface area is 125 Å². The number of imidazole rings is 1. The van der Waals surface area contributed by atoms with Gasteiger partial charge in [0.2, 0.25) is 5.95 Å². The molecule has 0 fully saturated rings. The largest absolute Gasteiger partial charge is 0.419 e. The number of anilines is 1. The summed E-state index contributed by atoms with van der Waals surface area (Å²) >= 11 is 2.99. The Bertz CT molecular complexity index is 706. The minimum atomic E-state index is -4.78. The van der Waals surface area contributed by atoms with Crippen LogP contribution >= 0.6 is 15.9 Å². The summed E-state index contributed by atoms with van der Waals surface area (Å²) in [6, 6.07) is 1.77. The molecule has 0 amide bonds. The molecule has 112 valence electrons. The van der Waals surface area contributed by atoms with Crippen LogP contribution in [0.3, 0.4) is 0 Å². The zero-order valence-electron chi connectivity index (χ0n) is 10.6. The maximum Gasteiger partial charge on any atom is 0.419 e. The molecule has 1 aromatic heterocycles. The Morgan fingerprint density at radius 3 is 2.57 bits per heavy atom. The smallest absolute Gasteiger partial charge is 0.368 e. The maximum absolute atomic E-state index is 13.9. The van der Waals surface area contributed by atoms with Gasteiger partial charge in [-0.3, -0.25) is 0 Å². The lowest BCUT2D eigenvalue weighted by molar-refractivity contribution is -0.140. The Hall–Kier alpha value is -1.90. The first-order chi connectivity index (χ1) is 9.70. The Kier molecular flexibility index (Phi) is 4.04. The molecule has 0 unspecified atom stereocenters. The molecule has 0 aliphatic rings. The minimum absolute atomic E-state index is 0.0484. The number of halogens is 5. The monoisotopic (exact) mass is 364 g/mol. The number of alkyl halides is 3. The van der Waals surface area contributed by atoms with E-state index in [1.54, 1.807) is 6.92 Å². The van der Waals surface area contributed by atoms with Gasteiger partial charge in [-0.1, -0.05) is 15.9 Å². The Morgan fingerprint density at radius 1 is 1.38 bits per heavy atom. The molecule has 0 radical (unpaired) electrons. The van der Waals surface area contributed by atoms with Crippen molar-refractivity contribution in [2.75, 3.05) is 5.73 Å². The average Bonchev–Trinajstić information content (AvgIpc) is 2.66. The van der Waals surface area contributed by atoms with Crippen LogP contribution in [0.25, 0.3) is 0 Å². The minimum Gasteiger partial charge on any atom is -0.368 e. The first-order valence-corrected chi connectivity index (χ1v) is 6.40. The number of aromatic nitrogens is 2. The van der Waals surface area contributed by atoms with Crippen molar-refractivity contribution in [2.45, 2.75) is 13.1 Å². The van der Waals surface area contributed by atoms with E-state index in [9.17, 15) is 17.6 Å². The molecular formula is C12H9BrF4N4. The Balaban J connectivity index is 2.47. The highest BCUT2D eigenvalue weighted by Crippen LogP contribution is 2.34. The van der Waals surface area contributed by atoms with Gasteiger partial charge in [-0.2, -0.15) is 18.3 Å². The average molecular weight is 365 g/mol. The van der Waals surface area contributed by atoms with Crippen molar-refractivity contribution in [3.63, 3.8) is 0 Å². The molecule has 4 nitrogen and oxygen atoms in total. The number of nitrogen functional groups attached to an aromatic ring is 1. The van der Waals surface area contributed by atoms with E-state index in [0.29, 0.717) is 11.8 Å². The first kappa shape index (κ1) is 15.5. The summed E-state index contributed by atoms with van der Waals surface area (Å²) in [5.41, 5.74) is 4.43. The highest BCUT2D eigenvalue weighted by molar-refractivity contribution is 9.10. The summed E-state index contributed by atoms with van der Waals surface area (Å²) < 4.78 is 53.2. The number of benzene rings is 1. The number of rotatable bonds is 2. The van der Waals surface area contributed by atoms with Crippen molar-refractivity contribution in [3.05, 3.63) is 45.4 Å². The third kappa shape index (κ3) is 3.23. The molecule has 2 rings (SSSR count). The van der Waals surface area contributed by atoms with Crippen molar-refractivity contribution in [3.8, 4) is 0 Å². The van der Waals surface area contributed by atoms with Crippen LogP contribution in [0.2, 0.25) is 0 Å². The van der Waals surface area contributed by atoms with Crippen LogP contribution in [0.4, 0.5) is 23.5 Å². The van der Waals surface area contributed by atoms with E-state index >= 15 is 0 Å². The summed E-state index contributed by atoms with van der Waals surface area (Å²) in [7, 11) is 0. The van der Waals surface area contributed by atoms with Crippen molar-refractivity contribution in [1.82, 2.24) is 9.66 Å². The van der Waals surface area contributed by atoms with Crippen LogP contribution in [0.15, 0.2) is 27.9 Å². The van der Waals surface area contributed by atoms with Gasteiger partial charge in [-0.25, -0.2) is 14.1 Å². The molecule has 1 heterocycles. The van der Waals surface area contributed by atoms with E-state index in [1.165, 1.54) is 6.20 Å². The SMILES string of the molecule is Cc1cn(N=Cc2c(Br)ccc(C(F)(F)F)c2F)c(N)n1. The van der Waals surface area contributed by atoms with Crippen LogP contribution in [-0.2, 0) is 6.18 Å². The molecule has 2 N–H and O–H groups in total. The summed E-state index contributed by atoms with van der Waals surface area (Å²) in [6.07, 6.45) is -2.37. The predicted molar refractivity (Wildman–Crippen MR) is 73.5 cm³/mol. The van der Waals surface area contributed by atoms with E-state index < -0.39 is 17.6 Å². The molecule has 0 spiro atoms. The van der Waals surface area contributed by atoms with Crippen molar-refractivity contribution < 1.29 is 17.6 Å². The lowest BCUT2D eigenvalue weighted by Gasteiger charge is -2.10. The third-order valence-electron chi connectivity index (χ3n) is 2.58. The summed E-state index contributed by atoms with van der Waals surface area (Å²) in [4.78, 5) is 3.87. The standard InChI is InChI=1S/C12H9BrF4N4/c1-6-5-21(11(18)20-6)19-4-7-9(13)3-2-8(10(7)14)12(15,16)17/h2-5H,1H3,(H2,18,20). The third-order valence-corrected chi connectivity index (χ3v) is 3.27. The molecule has 0 saturated carbocycles. The van der Waals surface area contributed by atoms with Gasteiger partial charge in [0.05, 0.1) is 23.7 Å². The van der Waals surface area contributed by atoms with Crippen LogP contribution in [0, 0.1) is 12.7 Å². The fourth-order valence-electron chi connectivity index (χ4n) is 1.62. The fraction of sp³-hybridized carbons (Fsp3) is 0.167. The topological polar surface area (TPSA) is 56.2 Å². The van der Waals surface area contributed by atoms with Gasteiger partial charge in [0, 0.05) is 10.0 Å². The van der Waals surface area contributed by atoms with E-state index in [4.69, 9.17) is 5.73 Å². The van der Waals surface area contributed by atoms with Crippen molar-refractivity contribution >= 4 is 28.1 Å². The van der Waals surface area contributed by atoms with Crippen LogP contribution in [-0.4, -0.2) is 15.9 Å². The number of aryl methyl sites for hydroxylation is 1. The highest BCUT2D eigenvalue weighted by Gasteiger charge is 2.35. The zero-order valence-corrected chi connectivity index (χ0v) is 12.2. The van der Waals surface area contributed by atoms with Gasteiger partial charge in [0.25, 0.3) is 0 Å². The highest BCUT2D eigenvalue weighted by atomic mass is 79.9. The molecule has 2 aromatic rings. The second kappa shape index (κ2) is 5.47. The van der Waals surface area contributed by atoms with Crippen LogP contribution < -0.4 is 5.73 Å². The zero-order chi connectivity index (χ0) is 15.8. The second-order valence-corrected chi connectivity index (χ2v) is 5.00. The van der Waals surface area contributed by atoms with Crippen LogP contribution in [0.5, 0.6) is 0 Å². The Morgan fingerprint density at radius 2 is 2.05 bits per heavy atom. The molecule has 0 bridgehead atoms. The van der Waals surface area contributed by atoms with Crippen molar-refractivity contribution in [2.24, 2.45) is 5.10 Å². The van der Waals surface area contributed by atoms with E-state index in [0.717, 1.165) is 17.0 Å². The van der Waals surface area contributed by atoms with Crippen molar-refractivity contribution in [1.29, 1.82) is 0 Å². The van der Waals surface area contributed by atoms with E-state index in [-0.39, 0.29) is 16.0 Å². The fourth-order valence-corrected chi connectivity index (χ4v) is 2.03. The van der Waals surface area contributed by atoms with Gasteiger partial charge in [0.1, 0.15) is 5.82 Å². The van der Waals surface area contributed by atoms with Gasteiger partial charge in [0.15, 0.2) is 0 Å². The first-order valence-electron chi connectivity index (χ1n) is 5.61. The molecule has 0 atom stereocenters.